The number of carbonyl (C=O) groups is 1. The van der Waals surface area contributed by atoms with Gasteiger partial charge >= 0.3 is 12.1 Å². The monoisotopic (exact) mass is 410 g/mol. The van der Waals surface area contributed by atoms with E-state index >= 15 is 0 Å². The third-order valence-corrected chi connectivity index (χ3v) is 5.27. The SMILES string of the molecule is Cc1cnc2c(S(=O)(=O)Nc3cc(C(=O)O)cc(C(F)(F)F)c3)cccc2c1. The van der Waals surface area contributed by atoms with Crippen LogP contribution in [0, 0.1) is 6.92 Å². The Bertz CT molecular complexity index is 1190. The fraction of sp³-hybridized carbons (Fsp3) is 0.111. The van der Waals surface area contributed by atoms with Gasteiger partial charge in [-0.2, -0.15) is 13.2 Å². The second-order valence-electron chi connectivity index (χ2n) is 6.05. The van der Waals surface area contributed by atoms with E-state index in [1.165, 1.54) is 18.3 Å². The highest BCUT2D eigenvalue weighted by molar-refractivity contribution is 7.93. The molecular formula is C18H13F3N2O4S. The number of carboxylic acid groups (broad SMARTS) is 1. The molecule has 146 valence electrons. The van der Waals surface area contributed by atoms with Gasteiger partial charge in [-0.1, -0.05) is 12.1 Å². The Balaban J connectivity index is 2.11. The zero-order chi connectivity index (χ0) is 20.7. The first-order chi connectivity index (χ1) is 13.0. The predicted octanol–water partition coefficient (Wildman–Crippen LogP) is 4.06. The summed E-state index contributed by atoms with van der Waals surface area (Å²) < 4.78 is 66.6. The molecule has 0 radical (unpaired) electrons. The lowest BCUT2D eigenvalue weighted by Crippen LogP contribution is -2.16. The minimum Gasteiger partial charge on any atom is -0.478 e. The van der Waals surface area contributed by atoms with Crippen LogP contribution in [0.25, 0.3) is 10.9 Å². The number of aromatic carboxylic acids is 1. The van der Waals surface area contributed by atoms with Gasteiger partial charge in [0.1, 0.15) is 4.90 Å². The van der Waals surface area contributed by atoms with Crippen molar-refractivity contribution in [2.75, 3.05) is 4.72 Å². The normalized spacial score (nSPS) is 12.1. The number of fused-ring (bicyclic) bond motifs is 1. The van der Waals surface area contributed by atoms with Crippen LogP contribution in [0.3, 0.4) is 0 Å². The second-order valence-corrected chi connectivity index (χ2v) is 7.70. The molecule has 28 heavy (non-hydrogen) atoms. The predicted molar refractivity (Wildman–Crippen MR) is 95.7 cm³/mol. The van der Waals surface area contributed by atoms with Crippen LogP contribution in [0.5, 0.6) is 0 Å². The molecular weight excluding hydrogens is 397 g/mol. The van der Waals surface area contributed by atoms with Crippen molar-refractivity contribution in [1.29, 1.82) is 0 Å². The number of sulfonamides is 1. The van der Waals surface area contributed by atoms with Gasteiger partial charge in [0, 0.05) is 11.6 Å². The minimum absolute atomic E-state index is 0.144. The Kier molecular flexibility index (Phi) is 4.76. The Morgan fingerprint density at radius 2 is 1.86 bits per heavy atom. The average molecular weight is 410 g/mol. The maximum Gasteiger partial charge on any atom is 0.416 e. The number of aromatic nitrogens is 1. The molecule has 0 saturated heterocycles. The summed E-state index contributed by atoms with van der Waals surface area (Å²) in [6.45, 7) is 1.78. The van der Waals surface area contributed by atoms with E-state index in [9.17, 15) is 26.4 Å². The Labute approximate surface area is 157 Å². The van der Waals surface area contributed by atoms with E-state index in [4.69, 9.17) is 5.11 Å². The molecule has 0 amide bonds. The number of nitrogens with one attached hydrogen (secondary N) is 1. The van der Waals surface area contributed by atoms with Gasteiger partial charge in [0.25, 0.3) is 10.0 Å². The lowest BCUT2D eigenvalue weighted by atomic mass is 10.1. The first-order valence-electron chi connectivity index (χ1n) is 7.81. The van der Waals surface area contributed by atoms with Crippen LogP contribution in [0.4, 0.5) is 18.9 Å². The summed E-state index contributed by atoms with van der Waals surface area (Å²) in [6.07, 6.45) is -3.38. The molecule has 0 saturated carbocycles. The first kappa shape index (κ1) is 19.6. The van der Waals surface area contributed by atoms with Crippen molar-refractivity contribution in [2.45, 2.75) is 18.0 Å². The lowest BCUT2D eigenvalue weighted by molar-refractivity contribution is -0.137. The van der Waals surface area contributed by atoms with Gasteiger partial charge < -0.3 is 5.11 Å². The summed E-state index contributed by atoms with van der Waals surface area (Å²) in [5.74, 6) is -1.62. The first-order valence-corrected chi connectivity index (χ1v) is 9.29. The van der Waals surface area contributed by atoms with Gasteiger partial charge in [0.2, 0.25) is 0 Å². The van der Waals surface area contributed by atoms with Gasteiger partial charge in [-0.25, -0.2) is 13.2 Å². The van der Waals surface area contributed by atoms with E-state index in [2.05, 4.69) is 4.98 Å². The summed E-state index contributed by atoms with van der Waals surface area (Å²) >= 11 is 0. The van der Waals surface area contributed by atoms with Crippen LogP contribution in [0.15, 0.2) is 53.6 Å². The molecule has 0 unspecified atom stereocenters. The number of carboxylic acids is 1. The molecule has 0 bridgehead atoms. The molecule has 10 heteroatoms. The van der Waals surface area contributed by atoms with Crippen LogP contribution in [-0.4, -0.2) is 24.5 Å². The van der Waals surface area contributed by atoms with Gasteiger partial charge in [-0.3, -0.25) is 9.71 Å². The van der Waals surface area contributed by atoms with E-state index < -0.39 is 39.0 Å². The van der Waals surface area contributed by atoms with Crippen molar-refractivity contribution in [3.63, 3.8) is 0 Å². The molecule has 0 aliphatic heterocycles. The molecule has 0 spiro atoms. The average Bonchev–Trinajstić information content (AvgIpc) is 2.59. The number of alkyl halides is 3. The fourth-order valence-corrected chi connectivity index (χ4v) is 3.86. The Hall–Kier alpha value is -3.14. The van der Waals surface area contributed by atoms with Gasteiger partial charge in [0.05, 0.1) is 22.3 Å². The summed E-state index contributed by atoms with van der Waals surface area (Å²) in [5, 5.41) is 9.57. The largest absolute Gasteiger partial charge is 0.478 e. The van der Waals surface area contributed by atoms with Crippen molar-refractivity contribution >= 4 is 32.6 Å². The summed E-state index contributed by atoms with van der Waals surface area (Å²) in [7, 11) is -4.33. The zero-order valence-corrected chi connectivity index (χ0v) is 15.1. The molecule has 0 fully saturated rings. The van der Waals surface area contributed by atoms with E-state index in [-0.39, 0.29) is 10.4 Å². The molecule has 3 rings (SSSR count). The Morgan fingerprint density at radius 1 is 1.14 bits per heavy atom. The number of nitrogens with zero attached hydrogens (tertiary/aromatic N) is 1. The van der Waals surface area contributed by atoms with Gasteiger partial charge in [-0.05, 0) is 42.8 Å². The standard InChI is InChI=1S/C18H13F3N2O4S/c1-10-5-11-3-2-4-15(16(11)22-9-10)28(26,27)23-14-7-12(17(24)25)6-13(8-14)18(19,20)21/h2-9,23H,1H3,(H,24,25). The number of anilines is 1. The van der Waals surface area contributed by atoms with Crippen LogP contribution < -0.4 is 4.72 Å². The molecule has 0 aliphatic rings. The molecule has 6 nitrogen and oxygen atoms in total. The van der Waals surface area contributed by atoms with Gasteiger partial charge in [0.15, 0.2) is 0 Å². The molecule has 2 N–H and O–H groups in total. The van der Waals surface area contributed by atoms with Crippen molar-refractivity contribution in [1.82, 2.24) is 4.98 Å². The molecule has 1 heterocycles. The number of rotatable bonds is 4. The molecule has 3 aromatic rings. The molecule has 0 aliphatic carbocycles. The number of benzene rings is 2. The third-order valence-electron chi connectivity index (χ3n) is 3.86. The fourth-order valence-electron chi connectivity index (χ4n) is 2.64. The highest BCUT2D eigenvalue weighted by Gasteiger charge is 2.32. The van der Waals surface area contributed by atoms with Crippen LogP contribution in [0.2, 0.25) is 0 Å². The third kappa shape index (κ3) is 3.91. The van der Waals surface area contributed by atoms with E-state index in [1.807, 2.05) is 4.72 Å². The van der Waals surface area contributed by atoms with Crippen LogP contribution in [-0.2, 0) is 16.2 Å². The highest BCUT2D eigenvalue weighted by atomic mass is 32.2. The number of pyridine rings is 1. The lowest BCUT2D eigenvalue weighted by Gasteiger charge is -2.13. The summed E-state index contributed by atoms with van der Waals surface area (Å²) in [6, 6.07) is 7.90. The van der Waals surface area contributed by atoms with Crippen molar-refractivity contribution in [2.24, 2.45) is 0 Å². The molecule has 1 aromatic heterocycles. The quantitative estimate of drug-likeness (QED) is 0.676. The summed E-state index contributed by atoms with van der Waals surface area (Å²) in [5.41, 5.74) is -1.54. The van der Waals surface area contributed by atoms with Crippen molar-refractivity contribution in [3.8, 4) is 0 Å². The molecule has 2 aromatic carbocycles. The number of para-hydroxylation sites is 1. The molecule has 0 atom stereocenters. The second kappa shape index (κ2) is 6.79. The maximum atomic E-state index is 13.0. The Morgan fingerprint density at radius 3 is 2.50 bits per heavy atom. The highest BCUT2D eigenvalue weighted by Crippen LogP contribution is 2.33. The minimum atomic E-state index is -4.84. The van der Waals surface area contributed by atoms with Crippen molar-refractivity contribution < 1.29 is 31.5 Å². The topological polar surface area (TPSA) is 96.4 Å². The zero-order valence-electron chi connectivity index (χ0n) is 14.3. The van der Waals surface area contributed by atoms with E-state index in [0.717, 1.165) is 11.6 Å². The number of hydrogen-bond acceptors (Lipinski definition) is 4. The number of aryl methyl sites for hydroxylation is 1. The van der Waals surface area contributed by atoms with Crippen LogP contribution in [0.1, 0.15) is 21.5 Å². The van der Waals surface area contributed by atoms with E-state index in [0.29, 0.717) is 17.5 Å². The number of hydrogen-bond donors (Lipinski definition) is 2. The van der Waals surface area contributed by atoms with Crippen LogP contribution >= 0.6 is 0 Å². The van der Waals surface area contributed by atoms with E-state index in [1.54, 1.807) is 19.1 Å². The smallest absolute Gasteiger partial charge is 0.416 e. The number of halogens is 3. The van der Waals surface area contributed by atoms with Crippen molar-refractivity contribution in [3.05, 3.63) is 65.4 Å². The summed E-state index contributed by atoms with van der Waals surface area (Å²) in [4.78, 5) is 15.0. The van der Waals surface area contributed by atoms with Gasteiger partial charge in [-0.15, -0.1) is 0 Å². The maximum absolute atomic E-state index is 13.0.